The monoisotopic (exact) mass is 337 g/mol. The van der Waals surface area contributed by atoms with E-state index in [1.807, 2.05) is 13.8 Å². The van der Waals surface area contributed by atoms with Crippen molar-refractivity contribution in [3.63, 3.8) is 0 Å². The first-order valence-electron chi connectivity index (χ1n) is 7.10. The predicted molar refractivity (Wildman–Crippen MR) is 86.1 cm³/mol. The molecule has 1 N–H and O–H groups in total. The number of hydrogen-bond acceptors (Lipinski definition) is 5. The molecule has 6 nitrogen and oxygen atoms in total. The zero-order valence-electron chi connectivity index (χ0n) is 12.7. The summed E-state index contributed by atoms with van der Waals surface area (Å²) in [5, 5.41) is 3.26. The molecule has 0 bridgehead atoms. The van der Waals surface area contributed by atoms with Crippen LogP contribution in [0.4, 0.5) is 0 Å². The molecule has 0 aliphatic carbocycles. The zero-order chi connectivity index (χ0) is 17.0. The van der Waals surface area contributed by atoms with Crippen molar-refractivity contribution >= 4 is 34.4 Å². The Morgan fingerprint density at radius 1 is 1.35 bits per heavy atom. The number of hydrogen-bond donors (Lipinski definition) is 1. The first-order valence-corrected chi connectivity index (χ1v) is 7.63. The molecule has 0 saturated heterocycles. The molecule has 1 atom stereocenters. The molecule has 0 fully saturated rings. The molecule has 1 amide bonds. The van der Waals surface area contributed by atoms with Crippen LogP contribution in [0.15, 0.2) is 33.5 Å². The average Bonchev–Trinajstić information content (AvgIpc) is 2.53. The molecule has 2 aromatic rings. The first kappa shape index (κ1) is 17.0. The van der Waals surface area contributed by atoms with E-state index in [0.29, 0.717) is 5.39 Å². The molecule has 122 valence electrons. The molecule has 1 heterocycles. The Balaban J connectivity index is 2.35. The van der Waals surface area contributed by atoms with Gasteiger partial charge in [-0.05, 0) is 31.5 Å². The van der Waals surface area contributed by atoms with Gasteiger partial charge in [-0.1, -0.05) is 6.92 Å². The lowest BCUT2D eigenvalue weighted by Crippen LogP contribution is -2.34. The van der Waals surface area contributed by atoms with Gasteiger partial charge in [0, 0.05) is 17.5 Å². The molecular formula is C16H16ClNO5. The summed E-state index contributed by atoms with van der Waals surface area (Å²) >= 11 is 5.36. The van der Waals surface area contributed by atoms with Crippen LogP contribution in [0.5, 0.6) is 5.75 Å². The quantitative estimate of drug-likeness (QED) is 0.392. The van der Waals surface area contributed by atoms with E-state index in [4.69, 9.17) is 20.8 Å². The van der Waals surface area contributed by atoms with Crippen molar-refractivity contribution in [3.05, 3.63) is 40.2 Å². The number of halogens is 1. The van der Waals surface area contributed by atoms with Crippen molar-refractivity contribution in [3.8, 4) is 5.75 Å². The van der Waals surface area contributed by atoms with Crippen molar-refractivity contribution in [1.29, 1.82) is 0 Å². The van der Waals surface area contributed by atoms with Gasteiger partial charge in [-0.15, -0.1) is 11.6 Å². The van der Waals surface area contributed by atoms with Crippen LogP contribution in [-0.2, 0) is 4.79 Å². The van der Waals surface area contributed by atoms with Crippen molar-refractivity contribution in [2.75, 3.05) is 5.88 Å². The van der Waals surface area contributed by atoms with Crippen molar-refractivity contribution in [1.82, 2.24) is 5.32 Å². The van der Waals surface area contributed by atoms with E-state index < -0.39 is 17.5 Å². The van der Waals surface area contributed by atoms with Gasteiger partial charge in [0.15, 0.2) is 0 Å². The number of esters is 1. The number of alkyl halides is 1. The van der Waals surface area contributed by atoms with Gasteiger partial charge in [0.05, 0.1) is 0 Å². The number of carbonyl (C=O) groups is 2. The normalized spacial score (nSPS) is 12.0. The Labute approximate surface area is 137 Å². The van der Waals surface area contributed by atoms with Gasteiger partial charge >= 0.3 is 11.6 Å². The number of amides is 1. The molecule has 1 aromatic heterocycles. The molecule has 0 radical (unpaired) electrons. The topological polar surface area (TPSA) is 85.6 Å². The minimum Gasteiger partial charge on any atom is -0.426 e. The van der Waals surface area contributed by atoms with Crippen molar-refractivity contribution < 1.29 is 18.7 Å². The highest BCUT2D eigenvalue weighted by atomic mass is 35.5. The molecule has 0 saturated carbocycles. The molecular weight excluding hydrogens is 322 g/mol. The van der Waals surface area contributed by atoms with Crippen LogP contribution >= 0.6 is 11.6 Å². The summed E-state index contributed by atoms with van der Waals surface area (Å²) in [4.78, 5) is 35.2. The second-order valence-electron chi connectivity index (χ2n) is 5.04. The number of fused-ring (bicyclic) bond motifs is 1. The first-order chi connectivity index (χ1) is 10.9. The van der Waals surface area contributed by atoms with Gasteiger partial charge in [0.25, 0.3) is 5.91 Å². The Morgan fingerprint density at radius 3 is 2.74 bits per heavy atom. The number of benzene rings is 1. The van der Waals surface area contributed by atoms with E-state index in [0.717, 1.165) is 6.42 Å². The number of carbonyl (C=O) groups excluding carboxylic acids is 2. The van der Waals surface area contributed by atoms with Gasteiger partial charge in [0.1, 0.15) is 22.8 Å². The van der Waals surface area contributed by atoms with E-state index in [1.165, 1.54) is 18.2 Å². The number of rotatable bonds is 5. The van der Waals surface area contributed by atoms with E-state index in [-0.39, 0.29) is 28.8 Å². The maximum atomic E-state index is 12.1. The van der Waals surface area contributed by atoms with E-state index in [9.17, 15) is 14.4 Å². The minimum atomic E-state index is -0.751. The smallest absolute Gasteiger partial charge is 0.349 e. The number of ether oxygens (including phenoxy) is 1. The maximum absolute atomic E-state index is 12.1. The van der Waals surface area contributed by atoms with Crippen LogP contribution in [0.25, 0.3) is 11.0 Å². The van der Waals surface area contributed by atoms with Gasteiger partial charge in [0.2, 0.25) is 0 Å². The molecule has 0 aliphatic rings. The summed E-state index contributed by atoms with van der Waals surface area (Å²) in [6.07, 6.45) is 0.750. The van der Waals surface area contributed by atoms with Gasteiger partial charge in [-0.2, -0.15) is 0 Å². The SMILES string of the molecule is CCC(C)NC(=O)c1cc2ccc(OC(=O)CCl)cc2oc1=O. The van der Waals surface area contributed by atoms with Gasteiger partial charge in [-0.25, -0.2) is 4.79 Å². The highest BCUT2D eigenvalue weighted by Crippen LogP contribution is 2.21. The van der Waals surface area contributed by atoms with E-state index in [2.05, 4.69) is 5.32 Å². The Hall–Kier alpha value is -2.34. The highest BCUT2D eigenvalue weighted by molar-refractivity contribution is 6.26. The minimum absolute atomic E-state index is 0.0464. The third-order valence-corrected chi connectivity index (χ3v) is 3.50. The molecule has 0 aliphatic heterocycles. The van der Waals surface area contributed by atoms with Crippen LogP contribution in [0.2, 0.25) is 0 Å². The summed E-state index contributed by atoms with van der Waals surface area (Å²) in [6.45, 7) is 3.77. The fourth-order valence-corrected chi connectivity index (χ4v) is 1.93. The van der Waals surface area contributed by atoms with Crippen molar-refractivity contribution in [2.45, 2.75) is 26.3 Å². The van der Waals surface area contributed by atoms with Crippen LogP contribution in [0.3, 0.4) is 0 Å². The Bertz CT molecular complexity index is 799. The predicted octanol–water partition coefficient (Wildman–Crippen LogP) is 2.47. The lowest BCUT2D eigenvalue weighted by atomic mass is 10.1. The molecule has 2 rings (SSSR count). The second kappa shape index (κ2) is 7.28. The lowest BCUT2D eigenvalue weighted by molar-refractivity contribution is -0.131. The van der Waals surface area contributed by atoms with Gasteiger partial charge in [-0.3, -0.25) is 9.59 Å². The number of nitrogens with one attached hydrogen (secondary N) is 1. The molecule has 1 aromatic carbocycles. The third kappa shape index (κ3) is 4.10. The summed E-state index contributed by atoms with van der Waals surface area (Å²) < 4.78 is 10.1. The van der Waals surface area contributed by atoms with E-state index >= 15 is 0 Å². The van der Waals surface area contributed by atoms with Crippen LogP contribution in [0.1, 0.15) is 30.6 Å². The third-order valence-electron chi connectivity index (χ3n) is 3.28. The van der Waals surface area contributed by atoms with Crippen LogP contribution in [-0.4, -0.2) is 23.8 Å². The molecule has 0 spiro atoms. The maximum Gasteiger partial charge on any atom is 0.349 e. The average molecular weight is 338 g/mol. The fourth-order valence-electron chi connectivity index (χ4n) is 1.88. The summed E-state index contributed by atoms with van der Waals surface area (Å²) in [5.41, 5.74) is -0.600. The van der Waals surface area contributed by atoms with Crippen molar-refractivity contribution in [2.24, 2.45) is 0 Å². The summed E-state index contributed by atoms with van der Waals surface area (Å²) in [6, 6.07) is 5.93. The Kier molecular flexibility index (Phi) is 5.39. The van der Waals surface area contributed by atoms with Crippen LogP contribution < -0.4 is 15.7 Å². The lowest BCUT2D eigenvalue weighted by Gasteiger charge is -2.11. The van der Waals surface area contributed by atoms with E-state index in [1.54, 1.807) is 6.07 Å². The second-order valence-corrected chi connectivity index (χ2v) is 5.30. The zero-order valence-corrected chi connectivity index (χ0v) is 13.5. The van der Waals surface area contributed by atoms with Gasteiger partial charge < -0.3 is 14.5 Å². The highest BCUT2D eigenvalue weighted by Gasteiger charge is 2.15. The standard InChI is InChI=1S/C16H16ClNO5/c1-3-9(2)18-15(20)12-6-10-4-5-11(22-14(19)8-17)7-13(10)23-16(12)21/h4-7,9H,3,8H2,1-2H3,(H,18,20). The fraction of sp³-hybridized carbons (Fsp3) is 0.312. The summed E-state index contributed by atoms with van der Waals surface area (Å²) in [5.74, 6) is -1.16. The Morgan fingerprint density at radius 2 is 2.09 bits per heavy atom. The van der Waals surface area contributed by atoms with Crippen LogP contribution in [0, 0.1) is 0 Å². The largest absolute Gasteiger partial charge is 0.426 e. The molecule has 1 unspecified atom stereocenters. The summed E-state index contributed by atoms with van der Waals surface area (Å²) in [7, 11) is 0. The molecule has 23 heavy (non-hydrogen) atoms. The molecule has 7 heteroatoms.